The summed E-state index contributed by atoms with van der Waals surface area (Å²) in [5.41, 5.74) is 21.8. The maximum atomic E-state index is 6.40. The number of piperidine rings is 2. The molecule has 2 fully saturated rings. The Morgan fingerprint density at radius 1 is 0.588 bits per heavy atom. The van der Waals surface area contributed by atoms with Crippen molar-refractivity contribution in [3.8, 4) is 0 Å². The summed E-state index contributed by atoms with van der Waals surface area (Å²) in [6, 6.07) is 37.0. The van der Waals surface area contributed by atoms with Gasteiger partial charge in [0.05, 0.1) is 11.4 Å². The number of anilines is 1. The Morgan fingerprint density at radius 3 is 1.61 bits per heavy atom. The molecule has 9 nitrogen and oxygen atoms in total. The van der Waals surface area contributed by atoms with Gasteiger partial charge in [0, 0.05) is 37.3 Å². The van der Waals surface area contributed by atoms with Crippen molar-refractivity contribution in [2.24, 2.45) is 43.6 Å². The molecule has 0 spiro atoms. The normalized spacial score (nSPS) is 17.3. The monoisotopic (exact) mass is 683 g/mol. The van der Waals surface area contributed by atoms with Crippen molar-refractivity contribution in [3.05, 3.63) is 131 Å². The van der Waals surface area contributed by atoms with E-state index in [4.69, 9.17) is 21.5 Å². The molecule has 0 unspecified atom stereocenters. The van der Waals surface area contributed by atoms with E-state index in [1.54, 1.807) is 0 Å². The summed E-state index contributed by atoms with van der Waals surface area (Å²) in [6.45, 7) is 8.11. The topological polar surface area (TPSA) is 120 Å². The van der Waals surface area contributed by atoms with Gasteiger partial charge in [-0.15, -0.1) is 5.11 Å². The molecule has 2 aliphatic rings. The van der Waals surface area contributed by atoms with Crippen LogP contribution < -0.4 is 16.9 Å². The maximum Gasteiger partial charge on any atom is 0.125 e. The molecule has 0 radical (unpaired) electrons. The summed E-state index contributed by atoms with van der Waals surface area (Å²) < 4.78 is 0. The van der Waals surface area contributed by atoms with Crippen LogP contribution in [0.4, 0.5) is 11.4 Å². The Kier molecular flexibility index (Phi) is 13.4. The lowest BCUT2D eigenvalue weighted by atomic mass is 9.93. The van der Waals surface area contributed by atoms with E-state index >= 15 is 0 Å². The van der Waals surface area contributed by atoms with E-state index in [2.05, 4.69) is 86.2 Å². The van der Waals surface area contributed by atoms with Gasteiger partial charge in [-0.1, -0.05) is 90.2 Å². The van der Waals surface area contributed by atoms with E-state index < -0.39 is 0 Å². The van der Waals surface area contributed by atoms with Crippen LogP contribution in [0.1, 0.15) is 60.8 Å². The number of nitrogens with one attached hydrogen (secondary N) is 1. The molecule has 0 bridgehead atoms. The highest BCUT2D eigenvalue weighted by Gasteiger charge is 2.20. The van der Waals surface area contributed by atoms with Crippen molar-refractivity contribution in [2.75, 3.05) is 44.7 Å². The van der Waals surface area contributed by atoms with E-state index in [9.17, 15) is 0 Å². The van der Waals surface area contributed by atoms with Gasteiger partial charge in [-0.3, -0.25) is 25.2 Å². The van der Waals surface area contributed by atoms with Crippen molar-refractivity contribution >= 4 is 23.0 Å². The van der Waals surface area contributed by atoms with Gasteiger partial charge in [0.25, 0.3) is 0 Å². The minimum atomic E-state index is 0.539. The molecular weight excluding hydrogens is 631 g/mol. The molecule has 2 aliphatic heterocycles. The Hall–Kier alpha value is -4.86. The van der Waals surface area contributed by atoms with Crippen LogP contribution in [0.5, 0.6) is 0 Å². The van der Waals surface area contributed by atoms with Crippen LogP contribution in [-0.2, 0) is 13.1 Å². The Morgan fingerprint density at radius 2 is 1.08 bits per heavy atom. The molecule has 266 valence electrons. The first-order chi connectivity index (χ1) is 25.1. The van der Waals surface area contributed by atoms with Crippen molar-refractivity contribution < 1.29 is 0 Å². The lowest BCUT2D eigenvalue weighted by Gasteiger charge is -2.31. The van der Waals surface area contributed by atoms with E-state index in [0.717, 1.165) is 82.0 Å². The molecule has 0 aliphatic carbocycles. The largest absolute Gasteiger partial charge is 0.384 e. The molecule has 6 rings (SSSR count). The molecular formula is C42H53N9. The van der Waals surface area contributed by atoms with E-state index in [1.165, 1.54) is 36.8 Å². The van der Waals surface area contributed by atoms with Crippen LogP contribution in [0.15, 0.2) is 130 Å². The minimum Gasteiger partial charge on any atom is -0.384 e. The average molecular weight is 684 g/mol. The van der Waals surface area contributed by atoms with Crippen LogP contribution in [0.2, 0.25) is 0 Å². The highest BCUT2D eigenvalue weighted by Crippen LogP contribution is 2.24. The van der Waals surface area contributed by atoms with Gasteiger partial charge in [0.1, 0.15) is 11.7 Å². The summed E-state index contributed by atoms with van der Waals surface area (Å²) in [7, 11) is 0. The van der Waals surface area contributed by atoms with Crippen molar-refractivity contribution in [1.82, 2.24) is 9.80 Å². The van der Waals surface area contributed by atoms with Crippen LogP contribution in [0.3, 0.4) is 0 Å². The number of hydrogen-bond donors (Lipinski definition) is 3. The van der Waals surface area contributed by atoms with Gasteiger partial charge in [-0.05, 0) is 112 Å². The summed E-state index contributed by atoms with van der Waals surface area (Å²) in [4.78, 5) is 14.5. The third-order valence-corrected chi connectivity index (χ3v) is 10.2. The molecule has 0 amide bonds. The summed E-state index contributed by atoms with van der Waals surface area (Å²) >= 11 is 0. The van der Waals surface area contributed by atoms with Gasteiger partial charge < -0.3 is 11.5 Å². The first-order valence-electron chi connectivity index (χ1n) is 18.6. The fourth-order valence-corrected chi connectivity index (χ4v) is 7.08. The van der Waals surface area contributed by atoms with E-state index in [-0.39, 0.29) is 0 Å². The molecule has 5 N–H and O–H groups in total. The van der Waals surface area contributed by atoms with Crippen molar-refractivity contribution in [2.45, 2.75) is 51.6 Å². The van der Waals surface area contributed by atoms with Gasteiger partial charge in [-0.25, -0.2) is 0 Å². The summed E-state index contributed by atoms with van der Waals surface area (Å²) in [5.74, 6) is 2.48. The SMILES string of the molecule is NC(=NCCC1CCN(Cc2ccccc2)CC1)c1cccc(N=NNc2cccc(C(N)=NCCC3CCN(Cc4ccccc4)CC3)c2)c1. The van der Waals surface area contributed by atoms with Crippen molar-refractivity contribution in [3.63, 3.8) is 0 Å². The Bertz CT molecular complexity index is 1720. The van der Waals surface area contributed by atoms with Gasteiger partial charge in [0.15, 0.2) is 0 Å². The van der Waals surface area contributed by atoms with Crippen LogP contribution in [0, 0.1) is 11.8 Å². The number of amidine groups is 2. The molecule has 51 heavy (non-hydrogen) atoms. The number of aliphatic imine (C=N–C) groups is 2. The highest BCUT2D eigenvalue weighted by atomic mass is 15.4. The molecule has 0 atom stereocenters. The quantitative estimate of drug-likeness (QED) is 0.0511. The fraction of sp³-hybridized carbons (Fsp3) is 0.381. The Labute approximate surface area is 303 Å². The zero-order valence-electron chi connectivity index (χ0n) is 29.8. The molecule has 9 heteroatoms. The second kappa shape index (κ2) is 18.9. The van der Waals surface area contributed by atoms with Crippen LogP contribution in [0.25, 0.3) is 0 Å². The summed E-state index contributed by atoms with van der Waals surface area (Å²) in [6.07, 6.45) is 6.98. The fourth-order valence-electron chi connectivity index (χ4n) is 7.08. The van der Waals surface area contributed by atoms with Gasteiger partial charge in [-0.2, -0.15) is 0 Å². The zero-order chi connectivity index (χ0) is 35.1. The first kappa shape index (κ1) is 35.9. The van der Waals surface area contributed by atoms with E-state index in [0.29, 0.717) is 29.2 Å². The average Bonchev–Trinajstić information content (AvgIpc) is 3.17. The smallest absolute Gasteiger partial charge is 0.125 e. The molecule has 2 saturated heterocycles. The van der Waals surface area contributed by atoms with Gasteiger partial charge in [0.2, 0.25) is 0 Å². The van der Waals surface area contributed by atoms with Crippen molar-refractivity contribution in [1.29, 1.82) is 0 Å². The molecule has 2 heterocycles. The predicted octanol–water partition coefficient (Wildman–Crippen LogP) is 7.81. The highest BCUT2D eigenvalue weighted by molar-refractivity contribution is 5.98. The number of hydrogen-bond acceptors (Lipinski definition) is 6. The maximum absolute atomic E-state index is 6.40. The third kappa shape index (κ3) is 11.6. The lowest BCUT2D eigenvalue weighted by Crippen LogP contribution is -2.33. The number of nitrogens with two attached hydrogens (primary N) is 2. The predicted molar refractivity (Wildman–Crippen MR) is 210 cm³/mol. The molecule has 0 aromatic heterocycles. The third-order valence-electron chi connectivity index (χ3n) is 10.2. The number of rotatable bonds is 15. The minimum absolute atomic E-state index is 0.539. The second-order valence-corrected chi connectivity index (χ2v) is 14.0. The van der Waals surface area contributed by atoms with Crippen LogP contribution >= 0.6 is 0 Å². The first-order valence-corrected chi connectivity index (χ1v) is 18.6. The van der Waals surface area contributed by atoms with Crippen LogP contribution in [-0.4, -0.2) is 60.7 Å². The zero-order valence-corrected chi connectivity index (χ0v) is 29.8. The lowest BCUT2D eigenvalue weighted by molar-refractivity contribution is 0.173. The summed E-state index contributed by atoms with van der Waals surface area (Å²) in [5, 5.41) is 8.60. The Balaban J connectivity index is 0.908. The number of benzene rings is 4. The number of likely N-dealkylation sites (tertiary alicyclic amines) is 2. The molecule has 4 aromatic rings. The van der Waals surface area contributed by atoms with E-state index in [1.807, 2.05) is 48.5 Å². The van der Waals surface area contributed by atoms with Gasteiger partial charge >= 0.3 is 0 Å². The standard InChI is InChI=1S/C42H53N9/c43-41(45-23-17-33-19-25-50(26-20-33)31-35-9-3-1-4-10-35)37-13-7-15-39(29-37)47-49-48-40-16-8-14-38(30-40)42(44)46-24-18-34-21-27-51(28-22-34)32-36-11-5-2-6-12-36/h1-16,29-30,33-34H,17-28,31-32H2,(H2,43,45)(H2,44,46)(H,47,48). The molecule has 0 saturated carbocycles. The second-order valence-electron chi connectivity index (χ2n) is 14.0. The molecule has 4 aromatic carbocycles. The number of nitrogens with zero attached hydrogens (tertiary/aromatic N) is 6.